The highest BCUT2D eigenvalue weighted by atomic mass is 16.2. The Labute approximate surface area is 173 Å². The third kappa shape index (κ3) is 2.88. The first-order valence-electron chi connectivity index (χ1n) is 9.32. The molecule has 8 nitrogen and oxygen atoms in total. The lowest BCUT2D eigenvalue weighted by atomic mass is 9.93. The van der Waals surface area contributed by atoms with E-state index in [1.165, 1.54) is 0 Å². The molecule has 8 heteroatoms. The summed E-state index contributed by atoms with van der Waals surface area (Å²) in [4.78, 5) is 27.0. The average Bonchev–Trinajstić information content (AvgIpc) is 3.27. The number of aromatic nitrogens is 2. The number of carbonyl (C=O) groups is 2. The number of nitrogens with one attached hydrogen (secondary N) is 1. The zero-order chi connectivity index (χ0) is 21.6. The number of anilines is 1. The first-order valence-corrected chi connectivity index (χ1v) is 9.32. The summed E-state index contributed by atoms with van der Waals surface area (Å²) in [6.07, 6.45) is 1.66. The Kier molecular flexibility index (Phi) is 4.51. The molecule has 1 aromatic heterocycles. The summed E-state index contributed by atoms with van der Waals surface area (Å²) in [5.41, 5.74) is 10.9. The van der Waals surface area contributed by atoms with Crippen molar-refractivity contribution < 1.29 is 9.59 Å². The van der Waals surface area contributed by atoms with Crippen molar-refractivity contribution in [2.75, 3.05) is 19.3 Å². The van der Waals surface area contributed by atoms with Gasteiger partial charge >= 0.3 is 0 Å². The number of amides is 2. The topological polar surface area (TPSA) is 117 Å². The second kappa shape index (κ2) is 7.04. The van der Waals surface area contributed by atoms with Crippen molar-refractivity contribution in [3.63, 3.8) is 0 Å². The Morgan fingerprint density at radius 2 is 2.17 bits per heavy atom. The fourth-order valence-electron chi connectivity index (χ4n) is 3.89. The van der Waals surface area contributed by atoms with E-state index >= 15 is 0 Å². The number of hydrogen-bond donors (Lipinski definition) is 2. The molecule has 0 spiro atoms. The van der Waals surface area contributed by atoms with Gasteiger partial charge in [0.1, 0.15) is 0 Å². The molecular weight excluding hydrogens is 380 g/mol. The summed E-state index contributed by atoms with van der Waals surface area (Å²) >= 11 is 0. The van der Waals surface area contributed by atoms with Crippen molar-refractivity contribution >= 4 is 28.4 Å². The van der Waals surface area contributed by atoms with Gasteiger partial charge in [-0.15, -0.1) is 0 Å². The second-order valence-corrected chi connectivity index (χ2v) is 7.24. The minimum atomic E-state index is -0.228. The Hall–Kier alpha value is -4.12. The van der Waals surface area contributed by atoms with Crippen LogP contribution in [0.15, 0.2) is 42.6 Å². The van der Waals surface area contributed by atoms with Crippen molar-refractivity contribution in [3.8, 4) is 17.2 Å². The normalized spacial score (nSPS) is 12.7. The molecule has 0 saturated heterocycles. The largest absolute Gasteiger partial charge is 0.398 e. The van der Waals surface area contributed by atoms with E-state index in [1.54, 1.807) is 35.0 Å². The molecule has 0 radical (unpaired) electrons. The van der Waals surface area contributed by atoms with Gasteiger partial charge in [0.25, 0.3) is 11.8 Å². The van der Waals surface area contributed by atoms with Crippen LogP contribution in [0.1, 0.15) is 26.3 Å². The number of carbonyl (C=O) groups excluding carboxylic acids is 2. The Bertz CT molecular complexity index is 1280. The van der Waals surface area contributed by atoms with Gasteiger partial charge < -0.3 is 16.0 Å². The lowest BCUT2D eigenvalue weighted by Gasteiger charge is -2.14. The van der Waals surface area contributed by atoms with Crippen molar-refractivity contribution in [2.45, 2.75) is 6.54 Å². The molecule has 30 heavy (non-hydrogen) atoms. The van der Waals surface area contributed by atoms with Gasteiger partial charge in [0.05, 0.1) is 35.5 Å². The molecule has 3 aromatic rings. The SMILES string of the molecule is C=C(C#N)CN1Cc2c(-c3cc(C(=O)NC)c4cnn(C)c4c3)ccc(N)c2C1=O. The maximum atomic E-state index is 12.9. The van der Waals surface area contributed by atoms with Crippen LogP contribution in [0.3, 0.4) is 0 Å². The van der Waals surface area contributed by atoms with Gasteiger partial charge in [-0.1, -0.05) is 12.6 Å². The molecule has 2 aromatic carbocycles. The molecule has 0 saturated carbocycles. The number of nitrogens with zero attached hydrogens (tertiary/aromatic N) is 4. The Balaban J connectivity index is 1.90. The smallest absolute Gasteiger partial charge is 0.256 e. The van der Waals surface area contributed by atoms with Gasteiger partial charge in [-0.25, -0.2) is 0 Å². The molecule has 0 fully saturated rings. The molecule has 150 valence electrons. The quantitative estimate of drug-likeness (QED) is 0.514. The molecule has 0 unspecified atom stereocenters. The van der Waals surface area contributed by atoms with E-state index < -0.39 is 0 Å². The molecule has 2 amide bonds. The lowest BCUT2D eigenvalue weighted by Crippen LogP contribution is -2.26. The van der Waals surface area contributed by atoms with Gasteiger partial charge in [-0.05, 0) is 34.9 Å². The Morgan fingerprint density at radius 1 is 1.40 bits per heavy atom. The van der Waals surface area contributed by atoms with Crippen LogP contribution in [0.25, 0.3) is 22.0 Å². The first-order chi connectivity index (χ1) is 14.3. The lowest BCUT2D eigenvalue weighted by molar-refractivity contribution is 0.0794. The standard InChI is InChI=1S/C22H20N6O2/c1-12(8-23)10-28-11-17-14(4-5-18(24)20(17)22(28)30)13-6-15(21(29)25-2)16-9-26-27(3)19(16)7-13/h4-7,9H,1,10-11,24H2,2-3H3,(H,25,29). The maximum Gasteiger partial charge on any atom is 0.256 e. The number of benzene rings is 2. The average molecular weight is 400 g/mol. The van der Waals surface area contributed by atoms with Gasteiger partial charge in [-0.3, -0.25) is 14.3 Å². The predicted octanol–water partition coefficient (Wildman–Crippen LogP) is 2.22. The van der Waals surface area contributed by atoms with Crippen LogP contribution < -0.4 is 11.1 Å². The minimum Gasteiger partial charge on any atom is -0.398 e. The number of fused-ring (bicyclic) bond motifs is 2. The molecule has 1 aliphatic heterocycles. The van der Waals surface area contributed by atoms with E-state index in [-0.39, 0.29) is 18.4 Å². The number of nitrogen functional groups attached to an aromatic ring is 1. The summed E-state index contributed by atoms with van der Waals surface area (Å²) in [5, 5.41) is 16.7. The Morgan fingerprint density at radius 3 is 2.87 bits per heavy atom. The number of hydrogen-bond acceptors (Lipinski definition) is 5. The summed E-state index contributed by atoms with van der Waals surface area (Å²) in [7, 11) is 3.39. The van der Waals surface area contributed by atoms with Gasteiger partial charge in [0.2, 0.25) is 0 Å². The van der Waals surface area contributed by atoms with Crippen molar-refractivity contribution in [2.24, 2.45) is 7.05 Å². The van der Waals surface area contributed by atoms with Gasteiger partial charge in [0, 0.05) is 37.3 Å². The summed E-state index contributed by atoms with van der Waals surface area (Å²) in [6.45, 7) is 4.13. The van der Waals surface area contributed by atoms with Crippen LogP contribution in [0, 0.1) is 11.3 Å². The summed E-state index contributed by atoms with van der Waals surface area (Å²) in [6, 6.07) is 9.28. The fraction of sp³-hybridized carbons (Fsp3) is 0.182. The second-order valence-electron chi connectivity index (χ2n) is 7.24. The highest BCUT2D eigenvalue weighted by molar-refractivity contribution is 6.09. The monoisotopic (exact) mass is 400 g/mol. The highest BCUT2D eigenvalue weighted by Crippen LogP contribution is 2.38. The van der Waals surface area contributed by atoms with E-state index in [4.69, 9.17) is 11.0 Å². The van der Waals surface area contributed by atoms with E-state index in [9.17, 15) is 9.59 Å². The van der Waals surface area contributed by atoms with Crippen molar-refractivity contribution in [3.05, 3.63) is 59.3 Å². The van der Waals surface area contributed by atoms with Gasteiger partial charge in [-0.2, -0.15) is 10.4 Å². The number of rotatable bonds is 4. The van der Waals surface area contributed by atoms with E-state index in [0.717, 1.165) is 27.6 Å². The van der Waals surface area contributed by atoms with E-state index in [1.807, 2.05) is 25.2 Å². The molecule has 3 N–H and O–H groups in total. The van der Waals surface area contributed by atoms with Crippen LogP contribution in [0.5, 0.6) is 0 Å². The first kappa shape index (κ1) is 19.2. The highest BCUT2D eigenvalue weighted by Gasteiger charge is 2.32. The number of nitriles is 1. The summed E-state index contributed by atoms with van der Waals surface area (Å²) < 4.78 is 1.71. The predicted molar refractivity (Wildman–Crippen MR) is 113 cm³/mol. The van der Waals surface area contributed by atoms with Crippen molar-refractivity contribution in [1.82, 2.24) is 20.0 Å². The van der Waals surface area contributed by atoms with Crippen LogP contribution >= 0.6 is 0 Å². The van der Waals surface area contributed by atoms with Crippen LogP contribution in [-0.2, 0) is 13.6 Å². The maximum absolute atomic E-state index is 12.9. The van der Waals surface area contributed by atoms with E-state index in [2.05, 4.69) is 17.0 Å². The third-order valence-corrected chi connectivity index (χ3v) is 5.38. The molecular formula is C22H20N6O2. The summed E-state index contributed by atoms with van der Waals surface area (Å²) in [5.74, 6) is -0.446. The van der Waals surface area contributed by atoms with E-state index in [0.29, 0.717) is 28.9 Å². The molecule has 1 aliphatic rings. The van der Waals surface area contributed by atoms with Crippen LogP contribution in [0.2, 0.25) is 0 Å². The fourth-order valence-corrected chi connectivity index (χ4v) is 3.89. The van der Waals surface area contributed by atoms with Crippen molar-refractivity contribution in [1.29, 1.82) is 5.26 Å². The number of aryl methyl sites for hydroxylation is 1. The zero-order valence-electron chi connectivity index (χ0n) is 16.7. The number of nitrogens with two attached hydrogens (primary N) is 1. The third-order valence-electron chi connectivity index (χ3n) is 5.38. The molecule has 0 aliphatic carbocycles. The van der Waals surface area contributed by atoms with Crippen LogP contribution in [0.4, 0.5) is 5.69 Å². The molecule has 2 heterocycles. The van der Waals surface area contributed by atoms with Crippen LogP contribution in [-0.4, -0.2) is 40.1 Å². The van der Waals surface area contributed by atoms with Gasteiger partial charge in [0.15, 0.2) is 0 Å². The minimum absolute atomic E-state index is 0.146. The molecule has 4 rings (SSSR count). The zero-order valence-corrected chi connectivity index (χ0v) is 16.7. The molecule has 0 atom stereocenters. The molecule has 0 bridgehead atoms.